The molecule has 0 aromatic heterocycles. The summed E-state index contributed by atoms with van der Waals surface area (Å²) in [6.45, 7) is 7.34. The van der Waals surface area contributed by atoms with Gasteiger partial charge in [-0.25, -0.2) is 0 Å². The lowest BCUT2D eigenvalue weighted by atomic mass is 10.1. The van der Waals surface area contributed by atoms with Gasteiger partial charge in [0.1, 0.15) is 0 Å². The highest BCUT2D eigenvalue weighted by Crippen LogP contribution is 2.36. The van der Waals surface area contributed by atoms with Gasteiger partial charge in [-0.3, -0.25) is 4.79 Å². The highest BCUT2D eigenvalue weighted by atomic mass is 28.4. The van der Waals surface area contributed by atoms with Gasteiger partial charge < -0.3 is 9.53 Å². The molecule has 1 N–H and O–H groups in total. The molecule has 0 saturated heterocycles. The molecule has 3 rings (SSSR count). The van der Waals surface area contributed by atoms with E-state index >= 15 is 0 Å². The SMILES string of the molecule is CC(C)(C)[Si](OCCCC(O)C=CC(=O)CCc1ccccc1)(c1ccccc1)c1ccccc1. The lowest BCUT2D eigenvalue weighted by Gasteiger charge is -2.43. The topological polar surface area (TPSA) is 46.5 Å². The number of hydrogen-bond donors (Lipinski definition) is 1. The Bertz CT molecular complexity index is 1020. The molecule has 0 saturated carbocycles. The molecule has 0 fully saturated rings. The van der Waals surface area contributed by atoms with Crippen molar-refractivity contribution in [3.63, 3.8) is 0 Å². The van der Waals surface area contributed by atoms with Gasteiger partial charge in [0.15, 0.2) is 5.78 Å². The molecule has 1 unspecified atom stereocenters. The van der Waals surface area contributed by atoms with Crippen LogP contribution in [0.2, 0.25) is 5.04 Å². The van der Waals surface area contributed by atoms with Crippen molar-refractivity contribution in [1.29, 1.82) is 0 Å². The maximum absolute atomic E-state index is 12.2. The number of benzene rings is 3. The van der Waals surface area contributed by atoms with Crippen molar-refractivity contribution in [2.45, 2.75) is 57.6 Å². The van der Waals surface area contributed by atoms with E-state index in [0.29, 0.717) is 32.3 Å². The number of aliphatic hydroxyl groups excluding tert-OH is 1. The Labute approximate surface area is 211 Å². The van der Waals surface area contributed by atoms with Crippen molar-refractivity contribution < 1.29 is 14.3 Å². The van der Waals surface area contributed by atoms with Gasteiger partial charge in [-0.1, -0.05) is 118 Å². The number of ketones is 1. The highest BCUT2D eigenvalue weighted by molar-refractivity contribution is 6.99. The molecule has 0 radical (unpaired) electrons. The Balaban J connectivity index is 1.59. The minimum Gasteiger partial charge on any atom is -0.407 e. The van der Waals surface area contributed by atoms with E-state index in [1.807, 2.05) is 42.5 Å². The lowest BCUT2D eigenvalue weighted by Crippen LogP contribution is -2.66. The predicted octanol–water partition coefficient (Wildman–Crippen LogP) is 5.46. The van der Waals surface area contributed by atoms with Crippen LogP contribution < -0.4 is 10.4 Å². The zero-order valence-corrected chi connectivity index (χ0v) is 22.2. The highest BCUT2D eigenvalue weighted by Gasteiger charge is 2.49. The van der Waals surface area contributed by atoms with Crippen molar-refractivity contribution in [2.75, 3.05) is 6.61 Å². The average Bonchev–Trinajstić information content (AvgIpc) is 2.87. The molecule has 0 amide bonds. The Kier molecular flexibility index (Phi) is 9.79. The van der Waals surface area contributed by atoms with Crippen LogP contribution in [0, 0.1) is 0 Å². The summed E-state index contributed by atoms with van der Waals surface area (Å²) in [5.41, 5.74) is 1.15. The van der Waals surface area contributed by atoms with Crippen LogP contribution in [0.15, 0.2) is 103 Å². The molecule has 3 aromatic carbocycles. The van der Waals surface area contributed by atoms with E-state index in [1.54, 1.807) is 6.08 Å². The number of aliphatic hydroxyl groups is 1. The van der Waals surface area contributed by atoms with Crippen LogP contribution in [0.5, 0.6) is 0 Å². The summed E-state index contributed by atoms with van der Waals surface area (Å²) in [4.78, 5) is 12.2. The summed E-state index contributed by atoms with van der Waals surface area (Å²) < 4.78 is 6.87. The standard InChI is InChI=1S/C31H38O3Si/c1-31(2,3)35(29-17-9-5-10-18-29,30-19-11-6-12-20-30)34-25-13-16-27(32)23-24-28(33)22-21-26-14-7-4-8-15-26/h4-12,14-15,17-20,23-24,27,32H,13,16,21-22,25H2,1-3H3. The van der Waals surface area contributed by atoms with Crippen LogP contribution >= 0.6 is 0 Å². The first kappa shape index (κ1) is 26.8. The van der Waals surface area contributed by atoms with Crippen molar-refractivity contribution in [3.8, 4) is 0 Å². The first-order valence-corrected chi connectivity index (χ1v) is 14.4. The van der Waals surface area contributed by atoms with E-state index in [9.17, 15) is 9.90 Å². The van der Waals surface area contributed by atoms with Crippen LogP contribution in [-0.2, 0) is 15.6 Å². The quantitative estimate of drug-likeness (QED) is 0.210. The van der Waals surface area contributed by atoms with Crippen LogP contribution in [-0.4, -0.2) is 31.9 Å². The first-order chi connectivity index (χ1) is 16.8. The largest absolute Gasteiger partial charge is 0.407 e. The minimum atomic E-state index is -2.55. The molecule has 1 atom stereocenters. The van der Waals surface area contributed by atoms with Crippen LogP contribution in [0.25, 0.3) is 0 Å². The van der Waals surface area contributed by atoms with E-state index in [2.05, 4.69) is 69.3 Å². The van der Waals surface area contributed by atoms with Crippen molar-refractivity contribution >= 4 is 24.5 Å². The molecule has 0 aliphatic heterocycles. The summed E-state index contributed by atoms with van der Waals surface area (Å²) >= 11 is 0. The molecule has 35 heavy (non-hydrogen) atoms. The zero-order chi connectivity index (χ0) is 25.2. The third-order valence-corrected chi connectivity index (χ3v) is 11.4. The number of carbonyl (C=O) groups excluding carboxylic acids is 1. The number of carbonyl (C=O) groups is 1. The Morgan fingerprint density at radius 1 is 0.886 bits per heavy atom. The maximum atomic E-state index is 12.2. The zero-order valence-electron chi connectivity index (χ0n) is 21.2. The van der Waals surface area contributed by atoms with Gasteiger partial charge in [0.2, 0.25) is 0 Å². The Morgan fingerprint density at radius 3 is 1.91 bits per heavy atom. The monoisotopic (exact) mass is 486 g/mol. The molecule has 0 bridgehead atoms. The molecule has 184 valence electrons. The smallest absolute Gasteiger partial charge is 0.261 e. The number of rotatable bonds is 12. The van der Waals surface area contributed by atoms with Gasteiger partial charge in [0, 0.05) is 13.0 Å². The summed E-state index contributed by atoms with van der Waals surface area (Å²) in [7, 11) is -2.55. The van der Waals surface area contributed by atoms with Crippen LogP contribution in [0.1, 0.15) is 45.6 Å². The molecular formula is C31H38O3Si. The van der Waals surface area contributed by atoms with Crippen LogP contribution in [0.3, 0.4) is 0 Å². The molecular weight excluding hydrogens is 448 g/mol. The second kappa shape index (κ2) is 12.8. The molecule has 0 spiro atoms. The maximum Gasteiger partial charge on any atom is 0.261 e. The molecule has 4 heteroatoms. The van der Waals surface area contributed by atoms with E-state index in [1.165, 1.54) is 16.4 Å². The molecule has 0 heterocycles. The van der Waals surface area contributed by atoms with Gasteiger partial charge in [-0.05, 0) is 46.3 Å². The summed E-state index contributed by atoms with van der Waals surface area (Å²) in [6, 6.07) is 31.1. The summed E-state index contributed by atoms with van der Waals surface area (Å²) in [5, 5.41) is 12.9. The summed E-state index contributed by atoms with van der Waals surface area (Å²) in [6.07, 6.45) is 4.93. The number of hydrogen-bond acceptors (Lipinski definition) is 3. The fourth-order valence-electron chi connectivity index (χ4n) is 4.59. The lowest BCUT2D eigenvalue weighted by molar-refractivity contribution is -0.114. The van der Waals surface area contributed by atoms with Gasteiger partial charge in [-0.15, -0.1) is 0 Å². The van der Waals surface area contributed by atoms with Crippen molar-refractivity contribution in [1.82, 2.24) is 0 Å². The second-order valence-corrected chi connectivity index (χ2v) is 14.3. The van der Waals surface area contributed by atoms with Crippen LogP contribution in [0.4, 0.5) is 0 Å². The second-order valence-electron chi connectivity index (χ2n) is 10.0. The van der Waals surface area contributed by atoms with E-state index in [-0.39, 0.29) is 10.8 Å². The summed E-state index contributed by atoms with van der Waals surface area (Å²) in [5.74, 6) is 0.0384. The van der Waals surface area contributed by atoms with Gasteiger partial charge in [0.05, 0.1) is 6.10 Å². The molecule has 0 aliphatic rings. The fraction of sp³-hybridized carbons (Fsp3) is 0.323. The van der Waals surface area contributed by atoms with Crippen molar-refractivity contribution in [3.05, 3.63) is 109 Å². The molecule has 0 aliphatic carbocycles. The minimum absolute atomic E-state index is 0.0384. The third kappa shape index (κ3) is 7.34. The van der Waals surface area contributed by atoms with Gasteiger partial charge in [-0.2, -0.15) is 0 Å². The third-order valence-electron chi connectivity index (χ3n) is 6.39. The van der Waals surface area contributed by atoms with E-state index in [0.717, 1.165) is 5.56 Å². The Morgan fingerprint density at radius 2 is 1.40 bits per heavy atom. The van der Waals surface area contributed by atoms with Crippen molar-refractivity contribution in [2.24, 2.45) is 0 Å². The first-order valence-electron chi connectivity index (χ1n) is 12.5. The van der Waals surface area contributed by atoms with Gasteiger partial charge >= 0.3 is 0 Å². The Hall–Kier alpha value is -2.79. The average molecular weight is 487 g/mol. The van der Waals surface area contributed by atoms with E-state index < -0.39 is 14.4 Å². The van der Waals surface area contributed by atoms with Gasteiger partial charge in [0.25, 0.3) is 8.32 Å². The van der Waals surface area contributed by atoms with E-state index in [4.69, 9.17) is 4.43 Å². The number of aryl methyl sites for hydroxylation is 1. The number of allylic oxidation sites excluding steroid dienone is 1. The fourth-order valence-corrected chi connectivity index (χ4v) is 9.20. The predicted molar refractivity (Wildman–Crippen MR) is 148 cm³/mol. The molecule has 3 nitrogen and oxygen atoms in total. The normalized spacial score (nSPS) is 13.1. The molecule has 3 aromatic rings.